The third kappa shape index (κ3) is 1.54. The maximum absolute atomic E-state index is 10.00. The second kappa shape index (κ2) is 3.24. The number of aliphatic imine (C=N–C) groups is 1. The molecule has 12 heavy (non-hydrogen) atoms. The van der Waals surface area contributed by atoms with E-state index in [1.807, 2.05) is 13.8 Å². The summed E-state index contributed by atoms with van der Waals surface area (Å²) in [7, 11) is 0. The average Bonchev–Trinajstić information content (AvgIpc) is 2.00. The number of hydrogen-bond donors (Lipinski definition) is 0. The van der Waals surface area contributed by atoms with Crippen LogP contribution in [0.5, 0.6) is 0 Å². The molecule has 0 saturated heterocycles. The van der Waals surface area contributed by atoms with Crippen LogP contribution in [0.2, 0.25) is 0 Å². The molecule has 0 spiro atoms. The highest BCUT2D eigenvalue weighted by atomic mass is 16.1. The molecule has 0 aliphatic rings. The SMILES string of the molecule is Cc1nc(C)c(C)c(N=C=O)n1. The van der Waals surface area contributed by atoms with Gasteiger partial charge in [0.15, 0.2) is 5.82 Å². The average molecular weight is 163 g/mol. The number of aromatic nitrogens is 2. The van der Waals surface area contributed by atoms with Gasteiger partial charge in [0.1, 0.15) is 5.82 Å². The number of nitrogens with zero attached hydrogens (tertiary/aromatic N) is 3. The van der Waals surface area contributed by atoms with Crippen molar-refractivity contribution in [2.75, 3.05) is 0 Å². The Balaban J connectivity index is 3.36. The fraction of sp³-hybridized carbons (Fsp3) is 0.375. The molecular formula is C8H9N3O. The van der Waals surface area contributed by atoms with Crippen molar-refractivity contribution in [3.8, 4) is 0 Å². The first-order valence-electron chi connectivity index (χ1n) is 3.55. The van der Waals surface area contributed by atoms with Crippen LogP contribution in [0.15, 0.2) is 4.99 Å². The molecule has 0 aromatic carbocycles. The highest BCUT2D eigenvalue weighted by Crippen LogP contribution is 2.16. The van der Waals surface area contributed by atoms with Crippen LogP contribution < -0.4 is 0 Å². The molecule has 1 aromatic heterocycles. The Kier molecular flexibility index (Phi) is 2.31. The Morgan fingerprint density at radius 1 is 1.25 bits per heavy atom. The summed E-state index contributed by atoms with van der Waals surface area (Å²) in [5.41, 5.74) is 1.67. The molecule has 0 atom stereocenters. The van der Waals surface area contributed by atoms with Gasteiger partial charge in [0.2, 0.25) is 6.08 Å². The topological polar surface area (TPSA) is 55.2 Å². The molecule has 62 valence electrons. The van der Waals surface area contributed by atoms with Crippen LogP contribution in [0.25, 0.3) is 0 Å². The molecule has 0 saturated carbocycles. The van der Waals surface area contributed by atoms with E-state index in [-0.39, 0.29) is 0 Å². The van der Waals surface area contributed by atoms with Crippen LogP contribution in [0.1, 0.15) is 17.1 Å². The summed E-state index contributed by atoms with van der Waals surface area (Å²) in [4.78, 5) is 21.6. The van der Waals surface area contributed by atoms with Crippen molar-refractivity contribution in [3.05, 3.63) is 17.1 Å². The number of rotatable bonds is 1. The van der Waals surface area contributed by atoms with Crippen molar-refractivity contribution < 1.29 is 4.79 Å². The van der Waals surface area contributed by atoms with Gasteiger partial charge in [0.05, 0.1) is 0 Å². The number of hydrogen-bond acceptors (Lipinski definition) is 4. The van der Waals surface area contributed by atoms with E-state index in [1.54, 1.807) is 6.92 Å². The zero-order valence-electron chi connectivity index (χ0n) is 7.25. The van der Waals surface area contributed by atoms with E-state index in [2.05, 4.69) is 15.0 Å². The van der Waals surface area contributed by atoms with Crippen molar-refractivity contribution in [1.29, 1.82) is 0 Å². The predicted molar refractivity (Wildman–Crippen MR) is 44.0 cm³/mol. The highest BCUT2D eigenvalue weighted by molar-refractivity contribution is 5.49. The standard InChI is InChI=1S/C8H9N3O/c1-5-6(2)10-7(3)11-8(5)9-4-12/h1-3H3. The fourth-order valence-electron chi connectivity index (χ4n) is 0.903. The molecule has 1 rings (SSSR count). The number of isocyanates is 1. The first-order chi connectivity index (χ1) is 5.65. The maximum Gasteiger partial charge on any atom is 0.242 e. The number of aryl methyl sites for hydroxylation is 2. The molecule has 1 aromatic rings. The van der Waals surface area contributed by atoms with E-state index >= 15 is 0 Å². The summed E-state index contributed by atoms with van der Waals surface area (Å²) in [6.45, 7) is 5.44. The monoisotopic (exact) mass is 163 g/mol. The summed E-state index contributed by atoms with van der Waals surface area (Å²) < 4.78 is 0. The van der Waals surface area contributed by atoms with Gasteiger partial charge in [-0.2, -0.15) is 0 Å². The molecule has 4 nitrogen and oxygen atoms in total. The first kappa shape index (κ1) is 8.56. The van der Waals surface area contributed by atoms with Crippen molar-refractivity contribution in [2.45, 2.75) is 20.8 Å². The summed E-state index contributed by atoms with van der Waals surface area (Å²) in [6, 6.07) is 0. The van der Waals surface area contributed by atoms with Gasteiger partial charge >= 0.3 is 0 Å². The van der Waals surface area contributed by atoms with E-state index < -0.39 is 0 Å². The summed E-state index contributed by atoms with van der Waals surface area (Å²) in [5.74, 6) is 1.03. The van der Waals surface area contributed by atoms with E-state index in [0.717, 1.165) is 11.3 Å². The van der Waals surface area contributed by atoms with Crippen LogP contribution in [-0.2, 0) is 4.79 Å². The van der Waals surface area contributed by atoms with E-state index in [0.29, 0.717) is 11.6 Å². The van der Waals surface area contributed by atoms with E-state index in [1.165, 1.54) is 6.08 Å². The third-order valence-corrected chi connectivity index (χ3v) is 1.63. The lowest BCUT2D eigenvalue weighted by Crippen LogP contribution is -1.94. The molecule has 4 heteroatoms. The molecule has 0 aliphatic heterocycles. The van der Waals surface area contributed by atoms with Crippen molar-refractivity contribution in [3.63, 3.8) is 0 Å². The van der Waals surface area contributed by atoms with Gasteiger partial charge in [-0.05, 0) is 20.8 Å². The Bertz CT molecular complexity index is 354. The van der Waals surface area contributed by atoms with Crippen molar-refractivity contribution in [1.82, 2.24) is 9.97 Å². The zero-order valence-corrected chi connectivity index (χ0v) is 7.25. The Morgan fingerprint density at radius 3 is 2.50 bits per heavy atom. The van der Waals surface area contributed by atoms with E-state index in [4.69, 9.17) is 0 Å². The highest BCUT2D eigenvalue weighted by Gasteiger charge is 2.03. The normalized spacial score (nSPS) is 9.25. The lowest BCUT2D eigenvalue weighted by atomic mass is 10.2. The Labute approximate surface area is 70.4 Å². The molecule has 0 N–H and O–H groups in total. The van der Waals surface area contributed by atoms with Gasteiger partial charge in [0.25, 0.3) is 0 Å². The zero-order chi connectivity index (χ0) is 9.14. The van der Waals surface area contributed by atoms with Gasteiger partial charge in [-0.15, -0.1) is 4.99 Å². The fourth-order valence-corrected chi connectivity index (χ4v) is 0.903. The summed E-state index contributed by atoms with van der Waals surface area (Å²) in [6.07, 6.45) is 1.46. The molecular weight excluding hydrogens is 154 g/mol. The third-order valence-electron chi connectivity index (χ3n) is 1.63. The van der Waals surface area contributed by atoms with Gasteiger partial charge in [-0.1, -0.05) is 0 Å². The molecule has 0 unspecified atom stereocenters. The minimum absolute atomic E-state index is 0.412. The smallest absolute Gasteiger partial charge is 0.238 e. The molecule has 0 amide bonds. The number of carbonyl (C=O) groups excluding carboxylic acids is 1. The maximum atomic E-state index is 10.00. The van der Waals surface area contributed by atoms with Crippen LogP contribution >= 0.6 is 0 Å². The Morgan fingerprint density at radius 2 is 1.92 bits per heavy atom. The van der Waals surface area contributed by atoms with Crippen LogP contribution in [-0.4, -0.2) is 16.0 Å². The minimum Gasteiger partial charge on any atom is -0.238 e. The summed E-state index contributed by atoms with van der Waals surface area (Å²) >= 11 is 0. The van der Waals surface area contributed by atoms with Gasteiger partial charge in [0, 0.05) is 11.3 Å². The van der Waals surface area contributed by atoms with Crippen molar-refractivity contribution >= 4 is 11.9 Å². The van der Waals surface area contributed by atoms with E-state index in [9.17, 15) is 4.79 Å². The van der Waals surface area contributed by atoms with Crippen molar-refractivity contribution in [2.24, 2.45) is 4.99 Å². The first-order valence-corrected chi connectivity index (χ1v) is 3.55. The van der Waals surface area contributed by atoms with Gasteiger partial charge in [-0.25, -0.2) is 14.8 Å². The summed E-state index contributed by atoms with van der Waals surface area (Å²) in [5, 5.41) is 0. The van der Waals surface area contributed by atoms with Crippen LogP contribution in [0, 0.1) is 20.8 Å². The molecule has 1 heterocycles. The predicted octanol–water partition coefficient (Wildman–Crippen LogP) is 1.37. The molecule has 0 fully saturated rings. The lowest BCUT2D eigenvalue weighted by molar-refractivity contribution is 0.565. The second-order valence-corrected chi connectivity index (χ2v) is 2.51. The Hall–Kier alpha value is -1.54. The molecule has 0 bridgehead atoms. The largest absolute Gasteiger partial charge is 0.242 e. The lowest BCUT2D eigenvalue weighted by Gasteiger charge is -2.01. The quantitative estimate of drug-likeness (QED) is 0.464. The van der Waals surface area contributed by atoms with Crippen LogP contribution in [0.3, 0.4) is 0 Å². The van der Waals surface area contributed by atoms with Gasteiger partial charge in [-0.3, -0.25) is 0 Å². The van der Waals surface area contributed by atoms with Crippen LogP contribution in [0.4, 0.5) is 5.82 Å². The minimum atomic E-state index is 0.412. The molecule has 0 aliphatic carbocycles. The van der Waals surface area contributed by atoms with Gasteiger partial charge < -0.3 is 0 Å². The second-order valence-electron chi connectivity index (χ2n) is 2.51. The molecule has 0 radical (unpaired) electrons.